The maximum Gasteiger partial charge on any atom is 0.279 e. The van der Waals surface area contributed by atoms with Crippen molar-refractivity contribution in [1.29, 1.82) is 0 Å². The quantitative estimate of drug-likeness (QED) is 0.849. The summed E-state index contributed by atoms with van der Waals surface area (Å²) in [7, 11) is -3.24. The molecule has 2 rings (SSSR count). The van der Waals surface area contributed by atoms with Gasteiger partial charge in [0.15, 0.2) is 0 Å². The fraction of sp³-hybridized carbons (Fsp3) is 1.00. The van der Waals surface area contributed by atoms with Crippen molar-refractivity contribution in [2.24, 2.45) is 11.8 Å². The molecule has 0 aromatic heterocycles. The molecule has 2 fully saturated rings. The first-order valence-corrected chi connectivity index (χ1v) is 9.76. The highest BCUT2D eigenvalue weighted by atomic mass is 32.2. The molecule has 118 valence electrons. The lowest BCUT2D eigenvalue weighted by Crippen LogP contribution is -2.42. The molecule has 1 aliphatic heterocycles. The van der Waals surface area contributed by atoms with E-state index in [-0.39, 0.29) is 0 Å². The van der Waals surface area contributed by atoms with Crippen LogP contribution in [-0.2, 0) is 10.2 Å². The number of nitrogens with zero attached hydrogens (tertiary/aromatic N) is 1. The Morgan fingerprint density at radius 3 is 2.40 bits per heavy atom. The normalized spacial score (nSPS) is 30.1. The molecule has 1 saturated carbocycles. The Hall–Kier alpha value is -0.130. The Bertz CT molecular complexity index is 375. The summed E-state index contributed by atoms with van der Waals surface area (Å²) in [6, 6.07) is 0. The zero-order valence-corrected chi connectivity index (χ0v) is 13.6. The minimum absolute atomic E-state index is 0.607. The number of hydrogen-bond donors (Lipinski definition) is 1. The summed E-state index contributed by atoms with van der Waals surface area (Å²) in [6.07, 6.45) is 10.5. The van der Waals surface area contributed by atoms with Crippen LogP contribution < -0.4 is 4.72 Å². The van der Waals surface area contributed by atoms with E-state index in [1.165, 1.54) is 25.7 Å². The molecule has 0 aromatic rings. The molecule has 0 radical (unpaired) electrons. The first-order valence-electron chi connectivity index (χ1n) is 8.32. The van der Waals surface area contributed by atoms with Crippen molar-refractivity contribution in [2.45, 2.75) is 64.7 Å². The highest BCUT2D eigenvalue weighted by Crippen LogP contribution is 2.30. The topological polar surface area (TPSA) is 49.4 Å². The molecule has 0 aromatic carbocycles. The Kier molecular flexibility index (Phi) is 6.30. The standard InChI is InChI=1S/C15H30N2O2S/c1-14-7-6-8-15(13-14)9-10-16-20(18,19)17-11-4-2-3-5-12-17/h14-16H,2-13H2,1H3/t14-,15-/m1/s1. The number of hydrogen-bond acceptors (Lipinski definition) is 2. The van der Waals surface area contributed by atoms with Crippen LogP contribution in [0.4, 0.5) is 0 Å². The van der Waals surface area contributed by atoms with Crippen LogP contribution in [0.3, 0.4) is 0 Å². The summed E-state index contributed by atoms with van der Waals surface area (Å²) < 4.78 is 29.0. The van der Waals surface area contributed by atoms with Crippen molar-refractivity contribution in [3.63, 3.8) is 0 Å². The third-order valence-corrected chi connectivity index (χ3v) is 6.40. The first kappa shape index (κ1) is 16.2. The molecule has 2 atom stereocenters. The van der Waals surface area contributed by atoms with Gasteiger partial charge in [-0.15, -0.1) is 0 Å². The largest absolute Gasteiger partial charge is 0.279 e. The van der Waals surface area contributed by atoms with Gasteiger partial charge in [0.1, 0.15) is 0 Å². The smallest absolute Gasteiger partial charge is 0.202 e. The van der Waals surface area contributed by atoms with Gasteiger partial charge in [0, 0.05) is 19.6 Å². The molecule has 0 amide bonds. The Labute approximate surface area is 124 Å². The number of rotatable bonds is 5. The fourth-order valence-electron chi connectivity index (χ4n) is 3.59. The van der Waals surface area contributed by atoms with Gasteiger partial charge in [-0.05, 0) is 37.5 Å². The summed E-state index contributed by atoms with van der Waals surface area (Å²) in [5, 5.41) is 0. The van der Waals surface area contributed by atoms with Gasteiger partial charge in [0.2, 0.25) is 0 Å². The van der Waals surface area contributed by atoms with Gasteiger partial charge in [-0.25, -0.2) is 4.72 Å². The van der Waals surface area contributed by atoms with Crippen LogP contribution in [0.1, 0.15) is 64.7 Å². The van der Waals surface area contributed by atoms with E-state index in [1.807, 2.05) is 0 Å². The molecule has 1 aliphatic carbocycles. The molecule has 1 heterocycles. The van der Waals surface area contributed by atoms with Crippen molar-refractivity contribution in [2.75, 3.05) is 19.6 Å². The van der Waals surface area contributed by atoms with Crippen LogP contribution in [-0.4, -0.2) is 32.4 Å². The Balaban J connectivity index is 1.74. The molecule has 4 nitrogen and oxygen atoms in total. The van der Waals surface area contributed by atoms with Crippen molar-refractivity contribution in [3.05, 3.63) is 0 Å². The highest BCUT2D eigenvalue weighted by molar-refractivity contribution is 7.87. The highest BCUT2D eigenvalue weighted by Gasteiger charge is 2.23. The molecular weight excluding hydrogens is 272 g/mol. The predicted octanol–water partition coefficient (Wildman–Crippen LogP) is 2.91. The van der Waals surface area contributed by atoms with Crippen molar-refractivity contribution < 1.29 is 8.42 Å². The van der Waals surface area contributed by atoms with Crippen LogP contribution in [0.25, 0.3) is 0 Å². The second-order valence-electron chi connectivity index (χ2n) is 6.64. The van der Waals surface area contributed by atoms with E-state index < -0.39 is 10.2 Å². The van der Waals surface area contributed by atoms with Crippen LogP contribution in [0.15, 0.2) is 0 Å². The minimum atomic E-state index is -3.24. The zero-order valence-electron chi connectivity index (χ0n) is 12.8. The van der Waals surface area contributed by atoms with Gasteiger partial charge in [0.25, 0.3) is 10.2 Å². The van der Waals surface area contributed by atoms with E-state index in [0.717, 1.165) is 38.0 Å². The maximum absolute atomic E-state index is 12.3. The van der Waals surface area contributed by atoms with E-state index in [0.29, 0.717) is 25.6 Å². The lowest BCUT2D eigenvalue weighted by atomic mass is 9.81. The Morgan fingerprint density at radius 2 is 1.75 bits per heavy atom. The first-order chi connectivity index (χ1) is 9.58. The lowest BCUT2D eigenvalue weighted by Gasteiger charge is -2.27. The number of nitrogens with one attached hydrogen (secondary N) is 1. The lowest BCUT2D eigenvalue weighted by molar-refractivity contribution is 0.270. The van der Waals surface area contributed by atoms with Gasteiger partial charge in [-0.1, -0.05) is 39.0 Å². The van der Waals surface area contributed by atoms with E-state index in [2.05, 4.69) is 11.6 Å². The van der Waals surface area contributed by atoms with Gasteiger partial charge in [-0.3, -0.25) is 0 Å². The zero-order chi connectivity index (χ0) is 14.4. The maximum atomic E-state index is 12.3. The van der Waals surface area contributed by atoms with E-state index in [9.17, 15) is 8.42 Å². The van der Waals surface area contributed by atoms with Crippen molar-refractivity contribution in [3.8, 4) is 0 Å². The SMILES string of the molecule is C[C@@H]1CCC[C@H](CCNS(=O)(=O)N2CCCCCC2)C1. The average molecular weight is 302 g/mol. The second-order valence-corrected chi connectivity index (χ2v) is 8.39. The molecule has 1 saturated heterocycles. The summed E-state index contributed by atoms with van der Waals surface area (Å²) in [5.41, 5.74) is 0. The molecule has 0 spiro atoms. The predicted molar refractivity (Wildman–Crippen MR) is 82.7 cm³/mol. The van der Waals surface area contributed by atoms with E-state index in [1.54, 1.807) is 4.31 Å². The molecule has 1 N–H and O–H groups in total. The average Bonchev–Trinajstić information content (AvgIpc) is 2.68. The molecular formula is C15H30N2O2S. The third-order valence-electron chi connectivity index (χ3n) is 4.79. The minimum Gasteiger partial charge on any atom is -0.202 e. The summed E-state index contributed by atoms with van der Waals surface area (Å²) in [6.45, 7) is 4.30. The third kappa shape index (κ3) is 5.01. The van der Waals surface area contributed by atoms with Crippen molar-refractivity contribution in [1.82, 2.24) is 9.03 Å². The molecule has 2 aliphatic rings. The van der Waals surface area contributed by atoms with Crippen LogP contribution >= 0.6 is 0 Å². The van der Waals surface area contributed by atoms with Crippen LogP contribution in [0.5, 0.6) is 0 Å². The van der Waals surface area contributed by atoms with Gasteiger partial charge in [0.05, 0.1) is 0 Å². The molecule has 0 bridgehead atoms. The van der Waals surface area contributed by atoms with Gasteiger partial charge >= 0.3 is 0 Å². The monoisotopic (exact) mass is 302 g/mol. The van der Waals surface area contributed by atoms with Gasteiger partial charge in [-0.2, -0.15) is 12.7 Å². The van der Waals surface area contributed by atoms with E-state index in [4.69, 9.17) is 0 Å². The van der Waals surface area contributed by atoms with Crippen LogP contribution in [0.2, 0.25) is 0 Å². The van der Waals surface area contributed by atoms with Gasteiger partial charge < -0.3 is 0 Å². The second kappa shape index (κ2) is 7.76. The summed E-state index contributed by atoms with van der Waals surface area (Å²) in [5.74, 6) is 1.53. The Morgan fingerprint density at radius 1 is 1.05 bits per heavy atom. The van der Waals surface area contributed by atoms with Crippen LogP contribution in [0, 0.1) is 11.8 Å². The molecule has 20 heavy (non-hydrogen) atoms. The van der Waals surface area contributed by atoms with Crippen molar-refractivity contribution >= 4 is 10.2 Å². The summed E-state index contributed by atoms with van der Waals surface area (Å²) in [4.78, 5) is 0. The summed E-state index contributed by atoms with van der Waals surface area (Å²) >= 11 is 0. The molecule has 5 heteroatoms. The molecule has 0 unspecified atom stereocenters. The van der Waals surface area contributed by atoms with E-state index >= 15 is 0 Å². The fourth-order valence-corrected chi connectivity index (χ4v) is 4.88.